The molecular formula is C16H21NO2S. The molecule has 0 bridgehead atoms. The number of benzene rings is 2. The molecule has 2 aromatic rings. The van der Waals surface area contributed by atoms with Crippen molar-refractivity contribution in [2.75, 3.05) is 13.1 Å². The summed E-state index contributed by atoms with van der Waals surface area (Å²) in [4.78, 5) is 0.387. The SMILES string of the molecule is CCCN(CCC)S(=O)(=O)c1ccc2ccccc2c1. The number of hydrogen-bond donors (Lipinski definition) is 0. The van der Waals surface area contributed by atoms with Gasteiger partial charge in [0, 0.05) is 13.1 Å². The lowest BCUT2D eigenvalue weighted by Crippen LogP contribution is -2.32. The molecule has 0 saturated heterocycles. The zero-order valence-electron chi connectivity index (χ0n) is 12.0. The van der Waals surface area contributed by atoms with E-state index in [1.807, 2.05) is 44.2 Å². The number of sulfonamides is 1. The van der Waals surface area contributed by atoms with Gasteiger partial charge in [-0.3, -0.25) is 0 Å². The van der Waals surface area contributed by atoms with Crippen LogP contribution in [0.2, 0.25) is 0 Å². The predicted octanol–water partition coefficient (Wildman–Crippen LogP) is 3.65. The molecule has 0 unspecified atom stereocenters. The average Bonchev–Trinajstić information content (AvgIpc) is 2.46. The number of rotatable bonds is 6. The van der Waals surface area contributed by atoms with Crippen molar-refractivity contribution in [1.29, 1.82) is 0 Å². The Morgan fingerprint density at radius 2 is 1.50 bits per heavy atom. The smallest absolute Gasteiger partial charge is 0.207 e. The summed E-state index contributed by atoms with van der Waals surface area (Å²) in [5, 5.41) is 2.02. The van der Waals surface area contributed by atoms with Crippen LogP contribution in [-0.4, -0.2) is 25.8 Å². The van der Waals surface area contributed by atoms with Gasteiger partial charge in [-0.05, 0) is 35.7 Å². The molecule has 0 saturated carbocycles. The van der Waals surface area contributed by atoms with Crippen LogP contribution in [0.1, 0.15) is 26.7 Å². The summed E-state index contributed by atoms with van der Waals surface area (Å²) in [6, 6.07) is 13.2. The van der Waals surface area contributed by atoms with Crippen molar-refractivity contribution in [1.82, 2.24) is 4.31 Å². The molecule has 0 aliphatic rings. The Hall–Kier alpha value is -1.39. The molecule has 0 atom stereocenters. The van der Waals surface area contributed by atoms with E-state index in [-0.39, 0.29) is 0 Å². The molecule has 0 amide bonds. The lowest BCUT2D eigenvalue weighted by molar-refractivity contribution is 0.410. The second-order valence-electron chi connectivity index (χ2n) is 4.91. The summed E-state index contributed by atoms with van der Waals surface area (Å²) in [6.45, 7) is 5.14. The highest BCUT2D eigenvalue weighted by Gasteiger charge is 2.22. The fourth-order valence-electron chi connectivity index (χ4n) is 2.33. The highest BCUT2D eigenvalue weighted by molar-refractivity contribution is 7.89. The van der Waals surface area contributed by atoms with E-state index < -0.39 is 10.0 Å². The lowest BCUT2D eigenvalue weighted by Gasteiger charge is -2.21. The molecule has 3 nitrogen and oxygen atoms in total. The molecule has 4 heteroatoms. The van der Waals surface area contributed by atoms with E-state index in [1.165, 1.54) is 0 Å². The maximum absolute atomic E-state index is 12.7. The molecule has 108 valence electrons. The van der Waals surface area contributed by atoms with Crippen LogP contribution in [-0.2, 0) is 10.0 Å². The Balaban J connectivity index is 2.44. The third kappa shape index (κ3) is 3.02. The zero-order chi connectivity index (χ0) is 14.6. The van der Waals surface area contributed by atoms with Crippen LogP contribution in [0.25, 0.3) is 10.8 Å². The topological polar surface area (TPSA) is 37.4 Å². The third-order valence-corrected chi connectivity index (χ3v) is 5.20. The van der Waals surface area contributed by atoms with Crippen molar-refractivity contribution in [2.45, 2.75) is 31.6 Å². The molecule has 0 aromatic heterocycles. The van der Waals surface area contributed by atoms with Gasteiger partial charge in [-0.1, -0.05) is 44.2 Å². The van der Waals surface area contributed by atoms with Crippen molar-refractivity contribution in [3.8, 4) is 0 Å². The third-order valence-electron chi connectivity index (χ3n) is 3.30. The largest absolute Gasteiger partial charge is 0.243 e. The van der Waals surface area contributed by atoms with E-state index in [4.69, 9.17) is 0 Å². The lowest BCUT2D eigenvalue weighted by atomic mass is 10.1. The van der Waals surface area contributed by atoms with Crippen LogP contribution in [0.5, 0.6) is 0 Å². The highest BCUT2D eigenvalue weighted by Crippen LogP contribution is 2.22. The first kappa shape index (κ1) is 15.0. The van der Waals surface area contributed by atoms with E-state index >= 15 is 0 Å². The van der Waals surface area contributed by atoms with Crippen LogP contribution in [0.4, 0.5) is 0 Å². The van der Waals surface area contributed by atoms with Gasteiger partial charge in [-0.15, -0.1) is 0 Å². The molecule has 20 heavy (non-hydrogen) atoms. The van der Waals surface area contributed by atoms with Crippen LogP contribution in [0.15, 0.2) is 47.4 Å². The molecule has 2 rings (SSSR count). The van der Waals surface area contributed by atoms with Gasteiger partial charge in [0.15, 0.2) is 0 Å². The van der Waals surface area contributed by atoms with Crippen molar-refractivity contribution in [3.05, 3.63) is 42.5 Å². The standard InChI is InChI=1S/C16H21NO2S/c1-3-11-17(12-4-2)20(18,19)16-10-9-14-7-5-6-8-15(14)13-16/h5-10,13H,3-4,11-12H2,1-2H3. The minimum absolute atomic E-state index is 0.387. The molecule has 0 fully saturated rings. The number of fused-ring (bicyclic) bond motifs is 1. The first-order chi connectivity index (χ1) is 9.59. The zero-order valence-corrected chi connectivity index (χ0v) is 12.9. The summed E-state index contributed by atoms with van der Waals surface area (Å²) in [5.74, 6) is 0. The van der Waals surface area contributed by atoms with Gasteiger partial charge in [-0.25, -0.2) is 8.42 Å². The van der Waals surface area contributed by atoms with Gasteiger partial charge in [0.2, 0.25) is 10.0 Å². The van der Waals surface area contributed by atoms with Gasteiger partial charge in [-0.2, -0.15) is 4.31 Å². The van der Waals surface area contributed by atoms with Gasteiger partial charge in [0.05, 0.1) is 4.90 Å². The van der Waals surface area contributed by atoms with Crippen LogP contribution in [0.3, 0.4) is 0 Å². The maximum Gasteiger partial charge on any atom is 0.243 e. The van der Waals surface area contributed by atoms with E-state index in [9.17, 15) is 8.42 Å². The quantitative estimate of drug-likeness (QED) is 0.814. The normalized spacial score (nSPS) is 12.2. The second kappa shape index (κ2) is 6.37. The van der Waals surface area contributed by atoms with Crippen LogP contribution < -0.4 is 0 Å². The Morgan fingerprint density at radius 1 is 0.900 bits per heavy atom. The van der Waals surface area contributed by atoms with E-state index in [2.05, 4.69) is 0 Å². The van der Waals surface area contributed by atoms with Crippen molar-refractivity contribution in [3.63, 3.8) is 0 Å². The van der Waals surface area contributed by atoms with Gasteiger partial charge >= 0.3 is 0 Å². The minimum Gasteiger partial charge on any atom is -0.207 e. The fraction of sp³-hybridized carbons (Fsp3) is 0.375. The number of hydrogen-bond acceptors (Lipinski definition) is 2. The minimum atomic E-state index is -3.38. The van der Waals surface area contributed by atoms with Crippen molar-refractivity contribution < 1.29 is 8.42 Å². The molecule has 0 aliphatic carbocycles. The van der Waals surface area contributed by atoms with Gasteiger partial charge < -0.3 is 0 Å². The second-order valence-corrected chi connectivity index (χ2v) is 6.85. The average molecular weight is 291 g/mol. The van der Waals surface area contributed by atoms with E-state index in [1.54, 1.807) is 16.4 Å². The Morgan fingerprint density at radius 3 is 2.10 bits per heavy atom. The monoisotopic (exact) mass is 291 g/mol. The molecule has 0 aliphatic heterocycles. The molecule has 2 aromatic carbocycles. The van der Waals surface area contributed by atoms with Crippen molar-refractivity contribution in [2.24, 2.45) is 0 Å². The summed E-state index contributed by atoms with van der Waals surface area (Å²) in [7, 11) is -3.38. The summed E-state index contributed by atoms with van der Waals surface area (Å²) < 4.78 is 26.9. The summed E-state index contributed by atoms with van der Waals surface area (Å²) in [5.41, 5.74) is 0. The van der Waals surface area contributed by atoms with Crippen LogP contribution >= 0.6 is 0 Å². The first-order valence-electron chi connectivity index (χ1n) is 7.08. The van der Waals surface area contributed by atoms with Crippen LogP contribution in [0, 0.1) is 0 Å². The maximum atomic E-state index is 12.7. The van der Waals surface area contributed by atoms with E-state index in [0.717, 1.165) is 23.6 Å². The Bertz CT molecular complexity index is 674. The first-order valence-corrected chi connectivity index (χ1v) is 8.52. The highest BCUT2D eigenvalue weighted by atomic mass is 32.2. The van der Waals surface area contributed by atoms with Crippen molar-refractivity contribution >= 4 is 20.8 Å². The van der Waals surface area contributed by atoms with Gasteiger partial charge in [0.25, 0.3) is 0 Å². The Kier molecular flexibility index (Phi) is 4.78. The predicted molar refractivity (Wildman–Crippen MR) is 83.3 cm³/mol. The fourth-order valence-corrected chi connectivity index (χ4v) is 3.99. The molecule has 0 heterocycles. The molecule has 0 radical (unpaired) electrons. The Labute approximate surface area is 121 Å². The summed E-state index contributed by atoms with van der Waals surface area (Å²) in [6.07, 6.45) is 1.65. The molecular weight excluding hydrogens is 270 g/mol. The molecule has 0 spiro atoms. The molecule has 0 N–H and O–H groups in total. The number of nitrogens with zero attached hydrogens (tertiary/aromatic N) is 1. The van der Waals surface area contributed by atoms with Gasteiger partial charge in [0.1, 0.15) is 0 Å². The summed E-state index contributed by atoms with van der Waals surface area (Å²) >= 11 is 0. The van der Waals surface area contributed by atoms with E-state index in [0.29, 0.717) is 18.0 Å².